The molecule has 5 aliphatic rings. The third-order valence-electron chi connectivity index (χ3n) is 18.4. The first-order valence-electron chi connectivity index (χ1n) is 32.9. The molecule has 4 aromatic carbocycles. The summed E-state index contributed by atoms with van der Waals surface area (Å²) in [6.45, 7) is -2.70. The zero-order valence-corrected chi connectivity index (χ0v) is 55.1. The summed E-state index contributed by atoms with van der Waals surface area (Å²) in [4.78, 5) is 79.4. The molecule has 3 saturated heterocycles. The fourth-order valence-corrected chi connectivity index (χ4v) is 12.5. The average molecular weight is 1430 g/mol. The summed E-state index contributed by atoms with van der Waals surface area (Å²) in [5.74, 6) is -6.17. The van der Waals surface area contributed by atoms with E-state index >= 15 is 4.79 Å². The van der Waals surface area contributed by atoms with Crippen LogP contribution in [0.15, 0.2) is 131 Å². The minimum atomic E-state index is -2.26. The zero-order chi connectivity index (χ0) is 73.6. The first-order valence-corrected chi connectivity index (χ1v) is 32.9. The van der Waals surface area contributed by atoms with Crippen LogP contribution in [-0.2, 0) is 54.1 Å². The molecule has 20 unspecified atom stereocenters. The number of nitrogens with two attached hydrogens (primary N) is 3. The number of benzene rings is 4. The van der Waals surface area contributed by atoms with Gasteiger partial charge in [-0.05, 0) is 40.0 Å². The van der Waals surface area contributed by atoms with E-state index in [0.29, 0.717) is 5.56 Å². The van der Waals surface area contributed by atoms with Gasteiger partial charge in [-0.3, -0.25) is 29.2 Å². The van der Waals surface area contributed by atoms with Crippen molar-refractivity contribution >= 4 is 47.4 Å². The van der Waals surface area contributed by atoms with Crippen LogP contribution in [0, 0.1) is 0 Å². The van der Waals surface area contributed by atoms with Crippen molar-refractivity contribution in [2.45, 2.75) is 166 Å². The van der Waals surface area contributed by atoms with Gasteiger partial charge in [-0.15, -0.1) is 0 Å². The number of nitrogens with one attached hydrogen (secondary N) is 5. The molecule has 0 saturated carbocycles. The predicted molar refractivity (Wildman–Crippen MR) is 356 cm³/mol. The van der Waals surface area contributed by atoms with E-state index in [2.05, 4.69) is 36.6 Å². The number of carbonyl (C=O) groups is 5. The minimum absolute atomic E-state index is 0.0388. The SMILES string of the molecule is CC(c1ccccc1)[C@H](N)C(=O)N[C@@H](Cc1ccc(OC2OC(CO)C(OC3OC(CO)C(OCC=C(c4ccccc4)c4ccccc4)C(O)C3O)C(O)C2O)cc1)C(=O)N[C@H](C(=O)N[C@H](C(=O)N[C@H](C=O)CO)C(O)C1CN=C(N)N1C1OC(CO)C(O)C(O)C1O)C(O)C1CN=C(N)N1. The standard InChI is InChI=1S/C67H89N11O24/c1-31(33-11-5-2-6-12-33)45(68)60(94)74-39(59(93)76-46(48(84)40-24-71-66(69)75-40)62(96)77-47(61(95)73-36(26-79)27-80)49(85)41-25-72-67(70)78(41)63-54(90)51(87)50(86)42(28-81)99-63)23-32-17-19-37(20-18-32)98-64-56(92)53(89)58(44(30-83)101-64)102-65-55(91)52(88)57(43(29-82)100-65)97-22-21-38(34-13-7-3-8-14-34)35-15-9-4-10-16-35/h2-21,26,31,36,39-58,63-65,80-92H,22-25,27-30,68H2,1H3,(H2,70,72)(H,73,95)(H,74,94)(H,76,93)(H,77,96)(H3,69,71,75)/t31?,36-,39+,40?,41?,42?,43?,44?,45+,46+,47+,48?,49?,50?,51?,52?,53?,54?,55?,56?,57?,58?,63?,64?,65?/m1/s1. The predicted octanol–water partition coefficient (Wildman–Crippen LogP) is -8.54. The highest BCUT2D eigenvalue weighted by atomic mass is 16.7. The lowest BCUT2D eigenvalue weighted by Crippen LogP contribution is -2.70. The Labute approximate surface area is 584 Å². The number of guanidine groups is 2. The van der Waals surface area contributed by atoms with Gasteiger partial charge in [-0.1, -0.05) is 116 Å². The van der Waals surface area contributed by atoms with E-state index in [1.165, 1.54) is 24.3 Å². The molecule has 0 spiro atoms. The van der Waals surface area contributed by atoms with Crippen molar-refractivity contribution in [2.75, 3.05) is 46.1 Å². The van der Waals surface area contributed by atoms with Gasteiger partial charge >= 0.3 is 0 Å². The van der Waals surface area contributed by atoms with Crippen LogP contribution < -0.4 is 48.5 Å². The number of hydrogen-bond donors (Lipinski definition) is 21. The molecule has 4 amide bonds. The summed E-state index contributed by atoms with van der Waals surface area (Å²) in [6.07, 6.45) is -28.6. The van der Waals surface area contributed by atoms with Gasteiger partial charge < -0.3 is 148 Å². The van der Waals surface area contributed by atoms with E-state index in [1.807, 2.05) is 60.7 Å². The molecule has 5 aliphatic heterocycles. The third-order valence-corrected chi connectivity index (χ3v) is 18.4. The molecule has 0 bridgehead atoms. The Kier molecular flexibility index (Phi) is 27.3. The molecular weight excluding hydrogens is 1340 g/mol. The summed E-state index contributed by atoms with van der Waals surface area (Å²) in [5.41, 5.74) is 22.1. The maximum atomic E-state index is 15.0. The lowest BCUT2D eigenvalue weighted by atomic mass is 9.93. The van der Waals surface area contributed by atoms with Crippen molar-refractivity contribution in [1.29, 1.82) is 0 Å². The number of aliphatic imine (C=N–C) groups is 2. The van der Waals surface area contributed by atoms with E-state index < -0.39 is 221 Å². The Bertz CT molecular complexity index is 3460. The van der Waals surface area contributed by atoms with Crippen LogP contribution in [0.4, 0.5) is 0 Å². The highest BCUT2D eigenvalue weighted by Gasteiger charge is 2.54. The number of hydrogen-bond acceptors (Lipinski definition) is 31. The normalized spacial score (nSPS) is 30.3. The van der Waals surface area contributed by atoms with Crippen LogP contribution >= 0.6 is 0 Å². The lowest BCUT2D eigenvalue weighted by Gasteiger charge is -2.46. The van der Waals surface area contributed by atoms with Crippen LogP contribution in [0.5, 0.6) is 5.75 Å². The first kappa shape index (κ1) is 77.9. The maximum absolute atomic E-state index is 15.0. The van der Waals surface area contributed by atoms with Crippen molar-refractivity contribution in [3.05, 3.63) is 144 Å². The van der Waals surface area contributed by atoms with Crippen LogP contribution in [0.25, 0.3) is 5.57 Å². The Morgan fingerprint density at radius 3 is 1.77 bits per heavy atom. The van der Waals surface area contributed by atoms with E-state index in [-0.39, 0.29) is 36.7 Å². The number of nitrogens with zero attached hydrogens (tertiary/aromatic N) is 3. The van der Waals surface area contributed by atoms with Gasteiger partial charge in [0, 0.05) is 12.3 Å². The Hall–Kier alpha value is -8.25. The summed E-state index contributed by atoms with van der Waals surface area (Å²) in [7, 11) is 0. The molecule has 4 aromatic rings. The smallest absolute Gasteiger partial charge is 0.246 e. The molecule has 9 rings (SSSR count). The minimum Gasteiger partial charge on any atom is -0.462 e. The number of aldehydes is 1. The summed E-state index contributed by atoms with van der Waals surface area (Å²) in [6, 6.07) is 21.1. The molecular formula is C67H89N11O24. The monoisotopic (exact) mass is 1430 g/mol. The maximum Gasteiger partial charge on any atom is 0.246 e. The largest absolute Gasteiger partial charge is 0.462 e. The first-order chi connectivity index (χ1) is 48.9. The molecule has 25 atom stereocenters. The second-order valence-corrected chi connectivity index (χ2v) is 25.2. The van der Waals surface area contributed by atoms with Crippen molar-refractivity contribution in [1.82, 2.24) is 31.5 Å². The molecule has 0 aliphatic carbocycles. The van der Waals surface area contributed by atoms with E-state index in [1.54, 1.807) is 43.3 Å². The summed E-state index contributed by atoms with van der Waals surface area (Å²) >= 11 is 0. The van der Waals surface area contributed by atoms with Crippen molar-refractivity contribution < 1.29 is 119 Å². The van der Waals surface area contributed by atoms with Crippen LogP contribution in [0.3, 0.4) is 0 Å². The highest BCUT2D eigenvalue weighted by molar-refractivity contribution is 5.96. The Morgan fingerprint density at radius 2 is 1.19 bits per heavy atom. The Balaban J connectivity index is 0.915. The number of amides is 4. The second-order valence-electron chi connectivity index (χ2n) is 25.2. The summed E-state index contributed by atoms with van der Waals surface area (Å²) < 4.78 is 35.4. The topological polar surface area (TPSA) is 570 Å². The number of carbonyl (C=O) groups excluding carboxylic acids is 5. The fraction of sp³-hybridized carbons (Fsp3) is 0.507. The van der Waals surface area contributed by atoms with Crippen LogP contribution in [0.1, 0.15) is 35.1 Å². The number of rotatable bonds is 31. The van der Waals surface area contributed by atoms with E-state index in [0.717, 1.165) is 21.6 Å². The van der Waals surface area contributed by atoms with Gasteiger partial charge in [-0.25, -0.2) is 0 Å². The number of aliphatic hydroxyl groups is 13. The highest BCUT2D eigenvalue weighted by Crippen LogP contribution is 2.34. The summed E-state index contributed by atoms with van der Waals surface area (Å²) in [5, 5.41) is 155. The molecule has 556 valence electrons. The van der Waals surface area contributed by atoms with Crippen LogP contribution in [0.2, 0.25) is 0 Å². The number of ether oxygens (including phenoxy) is 6. The second kappa shape index (κ2) is 35.8. The Morgan fingerprint density at radius 1 is 0.627 bits per heavy atom. The van der Waals surface area contributed by atoms with Gasteiger partial charge in [-0.2, -0.15) is 0 Å². The van der Waals surface area contributed by atoms with E-state index in [9.17, 15) is 85.6 Å². The van der Waals surface area contributed by atoms with Gasteiger partial charge in [0.15, 0.2) is 24.4 Å². The fourth-order valence-electron chi connectivity index (χ4n) is 12.5. The van der Waals surface area contributed by atoms with Gasteiger partial charge in [0.2, 0.25) is 29.9 Å². The van der Waals surface area contributed by atoms with Crippen LogP contribution in [-0.4, -0.2) is 306 Å². The molecule has 24 N–H and O–H groups in total. The van der Waals surface area contributed by atoms with Gasteiger partial charge in [0.05, 0.1) is 64.2 Å². The van der Waals surface area contributed by atoms with E-state index in [4.69, 9.17) is 45.6 Å². The molecule has 3 fully saturated rings. The van der Waals surface area contributed by atoms with Crippen molar-refractivity contribution in [3.8, 4) is 5.75 Å². The lowest BCUT2D eigenvalue weighted by molar-refractivity contribution is -0.354. The zero-order valence-electron chi connectivity index (χ0n) is 55.1. The molecule has 0 radical (unpaired) electrons. The molecule has 102 heavy (non-hydrogen) atoms. The van der Waals surface area contributed by atoms with Crippen molar-refractivity contribution in [3.63, 3.8) is 0 Å². The molecule has 35 heteroatoms. The molecule has 5 heterocycles. The quantitative estimate of drug-likeness (QED) is 0.0208. The number of aliphatic hydroxyl groups excluding tert-OH is 13. The average Bonchev–Trinajstić information content (AvgIpc) is 1.25. The third kappa shape index (κ3) is 18.2. The van der Waals surface area contributed by atoms with Gasteiger partial charge in [0.1, 0.15) is 122 Å². The van der Waals surface area contributed by atoms with Crippen molar-refractivity contribution in [2.24, 2.45) is 27.2 Å². The van der Waals surface area contributed by atoms with Gasteiger partial charge in [0.25, 0.3) is 0 Å². The molecule has 0 aromatic heterocycles. The molecule has 35 nitrogen and oxygen atoms in total.